The first-order valence-corrected chi connectivity index (χ1v) is 10.3. The number of hydrogen-bond acceptors (Lipinski definition) is 4. The van der Waals surface area contributed by atoms with Crippen LogP contribution >= 0.6 is 0 Å². The van der Waals surface area contributed by atoms with Crippen molar-refractivity contribution in [2.45, 2.75) is 26.3 Å². The van der Waals surface area contributed by atoms with E-state index in [9.17, 15) is 19.1 Å². The van der Waals surface area contributed by atoms with Gasteiger partial charge < -0.3 is 9.90 Å². The van der Waals surface area contributed by atoms with Gasteiger partial charge in [0.2, 0.25) is 0 Å². The molecule has 2 atom stereocenters. The lowest BCUT2D eigenvalue weighted by Crippen LogP contribution is -2.31. The molecule has 1 heterocycles. The van der Waals surface area contributed by atoms with Crippen LogP contribution in [0.2, 0.25) is 0 Å². The third-order valence-electron chi connectivity index (χ3n) is 5.64. The first-order chi connectivity index (χ1) is 15.3. The molecular formula is C26H22FN2O3-. The number of carboxylic acid groups (broad SMARTS) is 1. The van der Waals surface area contributed by atoms with Crippen molar-refractivity contribution in [1.29, 1.82) is 0 Å². The van der Waals surface area contributed by atoms with Gasteiger partial charge in [0, 0.05) is 17.6 Å². The Morgan fingerprint density at radius 1 is 0.938 bits per heavy atom. The maximum Gasteiger partial charge on any atom is 0.273 e. The highest BCUT2D eigenvalue weighted by Gasteiger charge is 2.46. The van der Waals surface area contributed by atoms with Crippen molar-refractivity contribution >= 4 is 29.0 Å². The molecule has 3 aromatic carbocycles. The predicted molar refractivity (Wildman–Crippen MR) is 119 cm³/mol. The van der Waals surface area contributed by atoms with Crippen molar-refractivity contribution in [1.82, 2.24) is 0 Å². The zero-order chi connectivity index (χ0) is 22.8. The Kier molecular flexibility index (Phi) is 5.86. The molecule has 1 aliphatic heterocycles. The van der Waals surface area contributed by atoms with Gasteiger partial charge in [0.1, 0.15) is 11.5 Å². The van der Waals surface area contributed by atoms with Crippen molar-refractivity contribution in [3.8, 4) is 0 Å². The van der Waals surface area contributed by atoms with E-state index in [1.807, 2.05) is 50.2 Å². The molecule has 1 fully saturated rings. The lowest BCUT2D eigenvalue weighted by Gasteiger charge is -2.28. The number of nitrogens with zero attached hydrogens (tertiary/aromatic N) is 2. The highest BCUT2D eigenvalue weighted by molar-refractivity contribution is 6.47. The number of aliphatic imine (C=N–C) groups is 1. The van der Waals surface area contributed by atoms with E-state index in [2.05, 4.69) is 4.99 Å². The fourth-order valence-corrected chi connectivity index (χ4v) is 4.04. The summed E-state index contributed by atoms with van der Waals surface area (Å²) in [7, 11) is 0. The number of aryl methyl sites for hydroxylation is 2. The summed E-state index contributed by atoms with van der Waals surface area (Å²) in [4.78, 5) is 31.4. The number of benzene rings is 3. The summed E-state index contributed by atoms with van der Waals surface area (Å²) in [5, 5.41) is 11.7. The van der Waals surface area contributed by atoms with Crippen LogP contribution in [0.5, 0.6) is 0 Å². The van der Waals surface area contributed by atoms with Crippen LogP contribution in [0.15, 0.2) is 77.8 Å². The molecule has 3 aromatic rings. The average molecular weight is 429 g/mol. The number of hydrogen-bond donors (Lipinski definition) is 0. The van der Waals surface area contributed by atoms with Crippen LogP contribution in [0, 0.1) is 25.6 Å². The molecule has 0 saturated carbocycles. The Balaban J connectivity index is 1.89. The Morgan fingerprint density at radius 3 is 2.06 bits per heavy atom. The molecule has 0 spiro atoms. The van der Waals surface area contributed by atoms with Gasteiger partial charge in [-0.25, -0.2) is 9.38 Å². The zero-order valence-corrected chi connectivity index (χ0v) is 17.8. The number of aliphatic carboxylic acids is 1. The Bertz CT molecular complexity index is 1170. The van der Waals surface area contributed by atoms with Crippen molar-refractivity contribution in [3.63, 3.8) is 0 Å². The molecular weight excluding hydrogens is 407 g/mol. The van der Waals surface area contributed by atoms with E-state index < -0.39 is 23.7 Å². The largest absolute Gasteiger partial charge is 0.550 e. The summed E-state index contributed by atoms with van der Waals surface area (Å²) in [5.41, 5.74) is 4.02. The maximum atomic E-state index is 13.6. The van der Waals surface area contributed by atoms with Crippen LogP contribution in [0.3, 0.4) is 0 Å². The average Bonchev–Trinajstić information content (AvgIpc) is 3.02. The monoisotopic (exact) mass is 429 g/mol. The second-order valence-corrected chi connectivity index (χ2v) is 8.02. The van der Waals surface area contributed by atoms with Gasteiger partial charge in [-0.2, -0.15) is 0 Å². The van der Waals surface area contributed by atoms with E-state index in [0.717, 1.165) is 11.1 Å². The molecule has 1 amide bonds. The minimum Gasteiger partial charge on any atom is -0.550 e. The minimum atomic E-state index is -1.28. The first kappa shape index (κ1) is 21.4. The van der Waals surface area contributed by atoms with Gasteiger partial charge >= 0.3 is 0 Å². The van der Waals surface area contributed by atoms with Gasteiger partial charge in [-0.3, -0.25) is 9.69 Å². The second-order valence-electron chi connectivity index (χ2n) is 8.02. The van der Waals surface area contributed by atoms with E-state index >= 15 is 0 Å². The standard InChI is InChI=1S/C26H23FN2O3/c1-16-3-11-20(12-4-16)28-24-22(15-23(30)31)25(18-7-9-19(27)10-8-18)29(26(24)32)21-13-5-17(2)6-14-21/h3-14,22,25H,15H2,1-2H3,(H,30,31)/p-1. The lowest BCUT2D eigenvalue weighted by atomic mass is 9.89. The maximum absolute atomic E-state index is 13.6. The summed E-state index contributed by atoms with van der Waals surface area (Å²) in [6.45, 7) is 3.89. The molecule has 0 N–H and O–H groups in total. The number of amides is 1. The van der Waals surface area contributed by atoms with E-state index in [0.29, 0.717) is 16.9 Å². The van der Waals surface area contributed by atoms with Gasteiger partial charge in [0.15, 0.2) is 0 Å². The molecule has 0 aliphatic carbocycles. The van der Waals surface area contributed by atoms with E-state index in [1.54, 1.807) is 29.2 Å². The summed E-state index contributed by atoms with van der Waals surface area (Å²) in [5.74, 6) is -2.84. The van der Waals surface area contributed by atoms with E-state index in [4.69, 9.17) is 0 Å². The SMILES string of the molecule is Cc1ccc(N=C2C(=O)N(c3ccc(C)cc3)C(c3ccc(F)cc3)C2CC(=O)[O-])cc1. The smallest absolute Gasteiger partial charge is 0.273 e. The molecule has 0 aromatic heterocycles. The van der Waals surface area contributed by atoms with Crippen LogP contribution in [0.4, 0.5) is 15.8 Å². The van der Waals surface area contributed by atoms with E-state index in [1.165, 1.54) is 12.1 Å². The number of rotatable bonds is 5. The summed E-state index contributed by atoms with van der Waals surface area (Å²) in [6.07, 6.45) is -0.388. The predicted octanol–water partition coefficient (Wildman–Crippen LogP) is 4.06. The third kappa shape index (κ3) is 4.30. The van der Waals surface area contributed by atoms with Gasteiger partial charge in [-0.1, -0.05) is 47.5 Å². The second kappa shape index (κ2) is 8.75. The van der Waals surface area contributed by atoms with Gasteiger partial charge in [0.25, 0.3) is 5.91 Å². The summed E-state index contributed by atoms with van der Waals surface area (Å²) >= 11 is 0. The third-order valence-corrected chi connectivity index (χ3v) is 5.64. The fraction of sp³-hybridized carbons (Fsp3) is 0.192. The molecule has 0 bridgehead atoms. The fourth-order valence-electron chi connectivity index (χ4n) is 4.04. The molecule has 1 saturated heterocycles. The molecule has 4 rings (SSSR count). The van der Waals surface area contributed by atoms with Crippen LogP contribution < -0.4 is 10.0 Å². The van der Waals surface area contributed by atoms with Crippen LogP contribution in [-0.2, 0) is 9.59 Å². The number of carboxylic acids is 1. The Labute approximate surface area is 185 Å². The quantitative estimate of drug-likeness (QED) is 0.614. The molecule has 0 radical (unpaired) electrons. The molecule has 2 unspecified atom stereocenters. The molecule has 162 valence electrons. The van der Waals surface area contributed by atoms with E-state index in [-0.39, 0.29) is 18.0 Å². The Morgan fingerprint density at radius 2 is 1.50 bits per heavy atom. The van der Waals surface area contributed by atoms with Gasteiger partial charge in [-0.15, -0.1) is 0 Å². The number of carbonyl (C=O) groups is 2. The number of halogens is 1. The molecule has 1 aliphatic rings. The molecule has 32 heavy (non-hydrogen) atoms. The Hall–Kier alpha value is -3.80. The number of carbonyl (C=O) groups excluding carboxylic acids is 2. The summed E-state index contributed by atoms with van der Waals surface area (Å²) in [6, 6.07) is 19.8. The van der Waals surface area contributed by atoms with Crippen molar-refractivity contribution in [2.24, 2.45) is 10.9 Å². The van der Waals surface area contributed by atoms with Gasteiger partial charge in [0.05, 0.1) is 11.7 Å². The molecule has 5 nitrogen and oxygen atoms in total. The van der Waals surface area contributed by atoms with Crippen LogP contribution in [0.25, 0.3) is 0 Å². The van der Waals surface area contributed by atoms with Crippen molar-refractivity contribution in [3.05, 3.63) is 95.3 Å². The summed E-state index contributed by atoms with van der Waals surface area (Å²) < 4.78 is 13.6. The molecule has 6 heteroatoms. The van der Waals surface area contributed by atoms with Crippen LogP contribution in [-0.4, -0.2) is 17.6 Å². The highest BCUT2D eigenvalue weighted by Crippen LogP contribution is 2.42. The van der Waals surface area contributed by atoms with Crippen molar-refractivity contribution < 1.29 is 19.1 Å². The topological polar surface area (TPSA) is 72.8 Å². The zero-order valence-electron chi connectivity index (χ0n) is 17.8. The van der Waals surface area contributed by atoms with Crippen molar-refractivity contribution in [2.75, 3.05) is 4.90 Å². The lowest BCUT2D eigenvalue weighted by molar-refractivity contribution is -0.306. The normalized spacial score (nSPS) is 19.5. The minimum absolute atomic E-state index is 0.146. The number of anilines is 1. The first-order valence-electron chi connectivity index (χ1n) is 10.3. The van der Waals surface area contributed by atoms with Crippen LogP contribution in [0.1, 0.15) is 29.2 Å². The van der Waals surface area contributed by atoms with Gasteiger partial charge in [-0.05, 0) is 62.2 Å². The highest BCUT2D eigenvalue weighted by atomic mass is 19.1.